The van der Waals surface area contributed by atoms with E-state index in [4.69, 9.17) is 5.11 Å². The van der Waals surface area contributed by atoms with E-state index in [1.165, 1.54) is 0 Å². The summed E-state index contributed by atoms with van der Waals surface area (Å²) in [5.74, 6) is 0. The summed E-state index contributed by atoms with van der Waals surface area (Å²) in [4.78, 5) is 2.20. The molecule has 0 rings (SSSR count). The van der Waals surface area contributed by atoms with Gasteiger partial charge in [0.2, 0.25) is 0 Å². The Balaban J connectivity index is 4.19. The van der Waals surface area contributed by atoms with Gasteiger partial charge in [0.1, 0.15) is 0 Å². The second kappa shape index (κ2) is 7.30. The van der Waals surface area contributed by atoms with Crippen LogP contribution >= 0.6 is 0 Å². The quantitative estimate of drug-likeness (QED) is 0.624. The summed E-state index contributed by atoms with van der Waals surface area (Å²) in [6, 6.07) is 0.116. The monoisotopic (exact) mass is 189 g/mol. The Morgan fingerprint density at radius 1 is 1.15 bits per heavy atom. The van der Waals surface area contributed by atoms with Crippen molar-refractivity contribution in [3.63, 3.8) is 0 Å². The van der Waals surface area contributed by atoms with E-state index < -0.39 is 6.10 Å². The third kappa shape index (κ3) is 4.07. The van der Waals surface area contributed by atoms with Crippen LogP contribution in [0.2, 0.25) is 0 Å². The Bertz CT molecular complexity index is 115. The van der Waals surface area contributed by atoms with Gasteiger partial charge in [0.15, 0.2) is 0 Å². The van der Waals surface area contributed by atoms with Gasteiger partial charge in [-0.25, -0.2) is 0 Å². The first-order valence-electron chi connectivity index (χ1n) is 5.24. The highest BCUT2D eigenvalue weighted by Crippen LogP contribution is 2.10. The maximum absolute atomic E-state index is 9.59. The molecule has 0 saturated carbocycles. The topological polar surface area (TPSA) is 43.7 Å². The number of rotatable bonds is 7. The van der Waals surface area contributed by atoms with Crippen LogP contribution in [0.25, 0.3) is 0 Å². The van der Waals surface area contributed by atoms with Crippen molar-refractivity contribution in [2.75, 3.05) is 19.7 Å². The minimum Gasteiger partial charge on any atom is -0.394 e. The molecular formula is C10H23NO2. The van der Waals surface area contributed by atoms with Crippen LogP contribution in [0, 0.1) is 0 Å². The molecule has 0 bridgehead atoms. The van der Waals surface area contributed by atoms with Gasteiger partial charge in [-0.1, -0.05) is 27.2 Å². The maximum atomic E-state index is 9.59. The Morgan fingerprint density at radius 3 is 2.00 bits per heavy atom. The zero-order chi connectivity index (χ0) is 10.3. The van der Waals surface area contributed by atoms with Gasteiger partial charge in [-0.15, -0.1) is 0 Å². The summed E-state index contributed by atoms with van der Waals surface area (Å²) in [5, 5.41) is 18.5. The lowest BCUT2D eigenvalue weighted by Gasteiger charge is -2.32. The Labute approximate surface area is 81.4 Å². The van der Waals surface area contributed by atoms with Crippen molar-refractivity contribution in [2.45, 2.75) is 45.8 Å². The lowest BCUT2D eigenvalue weighted by Crippen LogP contribution is -2.45. The van der Waals surface area contributed by atoms with Gasteiger partial charge in [0, 0.05) is 6.04 Å². The molecule has 0 aromatic carbocycles. The average molecular weight is 189 g/mol. The first-order chi connectivity index (χ1) is 6.21. The molecule has 3 nitrogen and oxygen atoms in total. The van der Waals surface area contributed by atoms with Crippen molar-refractivity contribution in [1.82, 2.24) is 4.90 Å². The van der Waals surface area contributed by atoms with E-state index in [2.05, 4.69) is 25.7 Å². The van der Waals surface area contributed by atoms with Crippen LogP contribution in [0.5, 0.6) is 0 Å². The largest absolute Gasteiger partial charge is 0.394 e. The second-order valence-corrected chi connectivity index (χ2v) is 3.33. The van der Waals surface area contributed by atoms with Crippen molar-refractivity contribution in [2.24, 2.45) is 0 Å². The first kappa shape index (κ1) is 12.9. The normalized spacial score (nSPS) is 16.2. The average Bonchev–Trinajstić information content (AvgIpc) is 2.17. The van der Waals surface area contributed by atoms with Gasteiger partial charge in [-0.2, -0.15) is 0 Å². The van der Waals surface area contributed by atoms with Gasteiger partial charge >= 0.3 is 0 Å². The SMILES string of the molecule is CCC[C@@H]([C@H](O)CO)N(CC)CC. The fraction of sp³-hybridized carbons (Fsp3) is 1.00. The summed E-state index contributed by atoms with van der Waals surface area (Å²) in [6.07, 6.45) is 1.39. The Hall–Kier alpha value is -0.120. The lowest BCUT2D eigenvalue weighted by molar-refractivity contribution is 0.0105. The van der Waals surface area contributed by atoms with Gasteiger partial charge in [0.05, 0.1) is 12.7 Å². The molecule has 0 unspecified atom stereocenters. The molecule has 0 spiro atoms. The third-order valence-electron chi connectivity index (χ3n) is 2.50. The molecule has 0 fully saturated rings. The molecule has 2 N–H and O–H groups in total. The van der Waals surface area contributed by atoms with Gasteiger partial charge in [-0.05, 0) is 19.5 Å². The Kier molecular flexibility index (Phi) is 7.23. The molecule has 13 heavy (non-hydrogen) atoms. The zero-order valence-corrected chi connectivity index (χ0v) is 9.03. The fourth-order valence-electron chi connectivity index (χ4n) is 1.73. The predicted octanol–water partition coefficient (Wildman–Crippen LogP) is 0.850. The summed E-state index contributed by atoms with van der Waals surface area (Å²) in [7, 11) is 0. The van der Waals surface area contributed by atoms with Crippen LogP contribution in [-0.2, 0) is 0 Å². The van der Waals surface area contributed by atoms with E-state index in [0.717, 1.165) is 25.9 Å². The number of hydrogen-bond donors (Lipinski definition) is 2. The summed E-state index contributed by atoms with van der Waals surface area (Å²) >= 11 is 0. The minimum atomic E-state index is -0.597. The standard InChI is InChI=1S/C10H23NO2/c1-4-7-9(10(13)8-12)11(5-2)6-3/h9-10,12-13H,4-8H2,1-3H3/t9-,10+/m0/s1. The molecule has 80 valence electrons. The number of aliphatic hydroxyl groups is 2. The number of aliphatic hydroxyl groups excluding tert-OH is 2. The van der Waals surface area contributed by atoms with E-state index in [1.807, 2.05) is 0 Å². The van der Waals surface area contributed by atoms with Crippen LogP contribution in [0.4, 0.5) is 0 Å². The second-order valence-electron chi connectivity index (χ2n) is 3.33. The summed E-state index contributed by atoms with van der Waals surface area (Å²) < 4.78 is 0. The van der Waals surface area contributed by atoms with E-state index in [9.17, 15) is 5.11 Å². The number of likely N-dealkylation sites (N-methyl/N-ethyl adjacent to an activating group) is 1. The minimum absolute atomic E-state index is 0.116. The predicted molar refractivity (Wildman–Crippen MR) is 54.7 cm³/mol. The molecule has 0 radical (unpaired) electrons. The number of hydrogen-bond acceptors (Lipinski definition) is 3. The highest BCUT2D eigenvalue weighted by atomic mass is 16.3. The van der Waals surface area contributed by atoms with Crippen molar-refractivity contribution >= 4 is 0 Å². The molecule has 2 atom stereocenters. The molecule has 0 aliphatic heterocycles. The fourth-order valence-corrected chi connectivity index (χ4v) is 1.73. The molecule has 3 heteroatoms. The molecule has 0 aromatic heterocycles. The number of nitrogens with zero attached hydrogens (tertiary/aromatic N) is 1. The van der Waals surface area contributed by atoms with Gasteiger partial charge in [0.25, 0.3) is 0 Å². The van der Waals surface area contributed by atoms with Crippen LogP contribution in [0.1, 0.15) is 33.6 Å². The molecule has 0 saturated heterocycles. The van der Waals surface area contributed by atoms with Crippen molar-refractivity contribution in [1.29, 1.82) is 0 Å². The summed E-state index contributed by atoms with van der Waals surface area (Å²) in [5.41, 5.74) is 0. The van der Waals surface area contributed by atoms with E-state index in [1.54, 1.807) is 0 Å². The van der Waals surface area contributed by atoms with Crippen LogP contribution in [0.3, 0.4) is 0 Å². The van der Waals surface area contributed by atoms with Crippen LogP contribution < -0.4 is 0 Å². The first-order valence-corrected chi connectivity index (χ1v) is 5.24. The zero-order valence-electron chi connectivity index (χ0n) is 9.03. The highest BCUT2D eigenvalue weighted by molar-refractivity contribution is 4.76. The smallest absolute Gasteiger partial charge is 0.0925 e. The molecule has 0 heterocycles. The van der Waals surface area contributed by atoms with Crippen molar-refractivity contribution in [3.05, 3.63) is 0 Å². The molecular weight excluding hydrogens is 166 g/mol. The van der Waals surface area contributed by atoms with Crippen molar-refractivity contribution in [3.8, 4) is 0 Å². The van der Waals surface area contributed by atoms with Crippen LogP contribution in [0.15, 0.2) is 0 Å². The van der Waals surface area contributed by atoms with Gasteiger partial charge in [-0.3, -0.25) is 4.90 Å². The van der Waals surface area contributed by atoms with E-state index in [0.29, 0.717) is 0 Å². The Morgan fingerprint density at radius 2 is 1.69 bits per heavy atom. The van der Waals surface area contributed by atoms with E-state index in [-0.39, 0.29) is 12.6 Å². The third-order valence-corrected chi connectivity index (χ3v) is 2.50. The van der Waals surface area contributed by atoms with E-state index >= 15 is 0 Å². The summed E-state index contributed by atoms with van der Waals surface area (Å²) in [6.45, 7) is 7.98. The lowest BCUT2D eigenvalue weighted by atomic mass is 10.0. The van der Waals surface area contributed by atoms with Crippen molar-refractivity contribution < 1.29 is 10.2 Å². The maximum Gasteiger partial charge on any atom is 0.0925 e. The molecule has 0 aromatic rings. The molecule has 0 amide bonds. The highest BCUT2D eigenvalue weighted by Gasteiger charge is 2.22. The molecule has 0 aliphatic carbocycles. The van der Waals surface area contributed by atoms with Gasteiger partial charge < -0.3 is 10.2 Å². The van der Waals surface area contributed by atoms with Crippen LogP contribution in [-0.4, -0.2) is 47.0 Å². The molecule has 0 aliphatic rings.